The average molecular weight is 245 g/mol. The van der Waals surface area contributed by atoms with E-state index in [-0.39, 0.29) is 23.5 Å². The molecule has 0 bridgehead atoms. The Kier molecular flexibility index (Phi) is 3.38. The number of phenols is 1. The Balaban J connectivity index is 2.03. The highest BCUT2D eigenvalue weighted by molar-refractivity contribution is 5.91. The number of aromatic nitrogens is 2. The number of H-pyrrole nitrogens is 1. The Morgan fingerprint density at radius 3 is 2.83 bits per heavy atom. The number of carbonyl (C=O) groups is 1. The van der Waals surface area contributed by atoms with Crippen molar-refractivity contribution in [2.75, 3.05) is 0 Å². The van der Waals surface area contributed by atoms with Crippen molar-refractivity contribution < 1.29 is 9.90 Å². The molecule has 1 heterocycles. The van der Waals surface area contributed by atoms with E-state index in [1.807, 2.05) is 0 Å². The van der Waals surface area contributed by atoms with Crippen molar-refractivity contribution >= 4 is 5.91 Å². The van der Waals surface area contributed by atoms with Gasteiger partial charge in [-0.3, -0.25) is 9.59 Å². The lowest BCUT2D eigenvalue weighted by molar-refractivity contribution is 0.0945. The second-order valence-corrected chi connectivity index (χ2v) is 3.61. The Hall–Kier alpha value is -2.63. The molecule has 0 unspecified atom stereocenters. The normalized spacial score (nSPS) is 10.0. The van der Waals surface area contributed by atoms with Crippen molar-refractivity contribution in [2.24, 2.45) is 0 Å². The smallest absolute Gasteiger partial charge is 0.271 e. The highest BCUT2D eigenvalue weighted by atomic mass is 16.3. The van der Waals surface area contributed by atoms with Crippen LogP contribution in [0.5, 0.6) is 5.75 Å². The maximum Gasteiger partial charge on any atom is 0.271 e. The molecule has 0 aliphatic heterocycles. The zero-order valence-corrected chi connectivity index (χ0v) is 9.38. The molecule has 0 saturated heterocycles. The molecule has 2 aromatic rings. The van der Waals surface area contributed by atoms with E-state index in [1.54, 1.807) is 24.3 Å². The van der Waals surface area contributed by atoms with Crippen LogP contribution in [-0.2, 0) is 6.54 Å². The molecule has 0 aliphatic rings. The van der Waals surface area contributed by atoms with E-state index in [2.05, 4.69) is 15.3 Å². The number of rotatable bonds is 3. The van der Waals surface area contributed by atoms with Crippen LogP contribution in [0.15, 0.2) is 41.5 Å². The quantitative estimate of drug-likeness (QED) is 0.729. The molecule has 0 saturated carbocycles. The van der Waals surface area contributed by atoms with Crippen LogP contribution in [0.25, 0.3) is 0 Å². The number of carbonyl (C=O) groups excluding carboxylic acids is 1. The maximum atomic E-state index is 11.7. The summed E-state index contributed by atoms with van der Waals surface area (Å²) in [5, 5.41) is 12.1. The van der Waals surface area contributed by atoms with Gasteiger partial charge in [0.2, 0.25) is 0 Å². The van der Waals surface area contributed by atoms with Gasteiger partial charge in [-0.1, -0.05) is 18.2 Å². The minimum atomic E-state index is -0.422. The maximum absolute atomic E-state index is 11.7. The second-order valence-electron chi connectivity index (χ2n) is 3.61. The molecule has 6 nitrogen and oxygen atoms in total. The van der Waals surface area contributed by atoms with Crippen LogP contribution >= 0.6 is 0 Å². The van der Waals surface area contributed by atoms with Crippen LogP contribution in [-0.4, -0.2) is 21.0 Å². The highest BCUT2D eigenvalue weighted by Crippen LogP contribution is 2.14. The van der Waals surface area contributed by atoms with Crippen LogP contribution in [0.2, 0.25) is 0 Å². The number of hydrogen-bond acceptors (Lipinski definition) is 4. The third-order valence-corrected chi connectivity index (χ3v) is 2.34. The van der Waals surface area contributed by atoms with Crippen LogP contribution in [0, 0.1) is 0 Å². The molecule has 92 valence electrons. The number of para-hydroxylation sites is 1. The lowest BCUT2D eigenvalue weighted by Crippen LogP contribution is -2.25. The number of benzene rings is 1. The van der Waals surface area contributed by atoms with Gasteiger partial charge in [0.15, 0.2) is 0 Å². The fourth-order valence-electron chi connectivity index (χ4n) is 1.39. The summed E-state index contributed by atoms with van der Waals surface area (Å²) in [5.41, 5.74) is 0.354. The van der Waals surface area contributed by atoms with Crippen molar-refractivity contribution in [1.29, 1.82) is 0 Å². The zero-order valence-electron chi connectivity index (χ0n) is 9.38. The fraction of sp³-hybridized carbons (Fsp3) is 0.0833. The van der Waals surface area contributed by atoms with E-state index in [4.69, 9.17) is 0 Å². The third-order valence-electron chi connectivity index (χ3n) is 2.34. The number of amides is 1. The van der Waals surface area contributed by atoms with Gasteiger partial charge in [-0.2, -0.15) is 0 Å². The van der Waals surface area contributed by atoms with Crippen LogP contribution in [0.1, 0.15) is 16.1 Å². The van der Waals surface area contributed by atoms with Gasteiger partial charge in [-0.25, -0.2) is 4.98 Å². The van der Waals surface area contributed by atoms with Crippen molar-refractivity contribution in [1.82, 2.24) is 15.3 Å². The lowest BCUT2D eigenvalue weighted by atomic mass is 10.2. The SMILES string of the molecule is O=C(NCc1ccccc1O)c1c[nH]c(=O)cn1. The summed E-state index contributed by atoms with van der Waals surface area (Å²) in [4.78, 5) is 28.5. The molecule has 0 radical (unpaired) electrons. The van der Waals surface area contributed by atoms with Crippen molar-refractivity contribution in [2.45, 2.75) is 6.54 Å². The van der Waals surface area contributed by atoms with E-state index in [1.165, 1.54) is 6.20 Å². The summed E-state index contributed by atoms with van der Waals surface area (Å²) >= 11 is 0. The van der Waals surface area contributed by atoms with E-state index >= 15 is 0 Å². The van der Waals surface area contributed by atoms with Gasteiger partial charge in [0.25, 0.3) is 11.5 Å². The fourth-order valence-corrected chi connectivity index (χ4v) is 1.39. The van der Waals surface area contributed by atoms with E-state index in [0.29, 0.717) is 5.56 Å². The predicted octanol–water partition coefficient (Wildman–Crippen LogP) is 0.405. The largest absolute Gasteiger partial charge is 0.508 e. The molecule has 6 heteroatoms. The minimum absolute atomic E-state index is 0.116. The molecule has 3 N–H and O–H groups in total. The van der Waals surface area contributed by atoms with E-state index < -0.39 is 5.91 Å². The lowest BCUT2D eigenvalue weighted by Gasteiger charge is -2.06. The number of phenolic OH excluding ortho intramolecular Hbond substituents is 1. The standard InChI is InChI=1S/C12H11N3O3/c16-10-4-2-1-3-8(10)5-15-12(18)9-6-14-11(17)7-13-9/h1-4,6-7,16H,5H2,(H,14,17)(H,15,18). The zero-order chi connectivity index (χ0) is 13.0. The molecule has 2 rings (SSSR count). The van der Waals surface area contributed by atoms with Gasteiger partial charge in [-0.05, 0) is 6.07 Å². The summed E-state index contributed by atoms with van der Waals surface area (Å²) < 4.78 is 0. The predicted molar refractivity (Wildman–Crippen MR) is 64.1 cm³/mol. The first-order chi connectivity index (χ1) is 8.66. The number of aromatic amines is 1. The van der Waals surface area contributed by atoms with Crippen molar-refractivity contribution in [3.63, 3.8) is 0 Å². The van der Waals surface area contributed by atoms with Crippen LogP contribution < -0.4 is 10.9 Å². The number of aromatic hydroxyl groups is 1. The van der Waals surface area contributed by atoms with Gasteiger partial charge in [0, 0.05) is 18.3 Å². The minimum Gasteiger partial charge on any atom is -0.508 e. The number of nitrogens with one attached hydrogen (secondary N) is 2. The first-order valence-corrected chi connectivity index (χ1v) is 5.26. The molecule has 18 heavy (non-hydrogen) atoms. The van der Waals surface area contributed by atoms with Gasteiger partial charge >= 0.3 is 0 Å². The summed E-state index contributed by atoms with van der Waals surface area (Å²) in [7, 11) is 0. The van der Waals surface area contributed by atoms with E-state index in [0.717, 1.165) is 6.20 Å². The molecule has 0 aliphatic carbocycles. The Morgan fingerprint density at radius 2 is 2.17 bits per heavy atom. The van der Waals surface area contributed by atoms with E-state index in [9.17, 15) is 14.7 Å². The molecule has 0 fully saturated rings. The monoisotopic (exact) mass is 245 g/mol. The van der Waals surface area contributed by atoms with Crippen LogP contribution in [0.4, 0.5) is 0 Å². The molecule has 1 aromatic heterocycles. The van der Waals surface area contributed by atoms with Gasteiger partial charge in [0.1, 0.15) is 11.4 Å². The van der Waals surface area contributed by atoms with Gasteiger partial charge in [-0.15, -0.1) is 0 Å². The Bertz CT molecular complexity index is 601. The van der Waals surface area contributed by atoms with Gasteiger partial charge in [0.05, 0.1) is 6.20 Å². The van der Waals surface area contributed by atoms with Crippen molar-refractivity contribution in [3.8, 4) is 5.75 Å². The first kappa shape index (κ1) is 11.8. The first-order valence-electron chi connectivity index (χ1n) is 5.26. The molecule has 0 spiro atoms. The molecular formula is C12H11N3O3. The topological polar surface area (TPSA) is 95.1 Å². The van der Waals surface area contributed by atoms with Crippen LogP contribution in [0.3, 0.4) is 0 Å². The summed E-state index contributed by atoms with van der Waals surface area (Å²) in [6.07, 6.45) is 2.28. The number of hydrogen-bond donors (Lipinski definition) is 3. The van der Waals surface area contributed by atoms with Crippen molar-refractivity contribution in [3.05, 3.63) is 58.3 Å². The molecule has 0 atom stereocenters. The molecule has 1 amide bonds. The number of nitrogens with zero attached hydrogens (tertiary/aromatic N) is 1. The third kappa shape index (κ3) is 2.73. The summed E-state index contributed by atoms with van der Waals surface area (Å²) in [6, 6.07) is 6.71. The summed E-state index contributed by atoms with van der Waals surface area (Å²) in [6.45, 7) is 0.187. The Labute approximate surface area is 102 Å². The summed E-state index contributed by atoms with van der Waals surface area (Å²) in [5.74, 6) is -0.304. The van der Waals surface area contributed by atoms with Gasteiger partial charge < -0.3 is 15.4 Å². The molecule has 1 aromatic carbocycles. The highest BCUT2D eigenvalue weighted by Gasteiger charge is 2.07. The average Bonchev–Trinajstić information content (AvgIpc) is 2.38. The Morgan fingerprint density at radius 1 is 1.39 bits per heavy atom. The second kappa shape index (κ2) is 5.13. The molecular weight excluding hydrogens is 234 g/mol.